The third-order valence-electron chi connectivity index (χ3n) is 3.47. The molecule has 1 unspecified atom stereocenters. The van der Waals surface area contributed by atoms with Crippen molar-refractivity contribution in [2.45, 2.75) is 12.8 Å². The molecule has 1 aliphatic rings. The van der Waals surface area contributed by atoms with E-state index in [4.69, 9.17) is 0 Å². The molecule has 1 N–H and O–H groups in total. The van der Waals surface area contributed by atoms with E-state index in [9.17, 15) is 0 Å². The number of hydrogen-bond acceptors (Lipinski definition) is 0. The first-order chi connectivity index (χ1) is 7.86. The average Bonchev–Trinajstić information content (AvgIpc) is 2.98. The van der Waals surface area contributed by atoms with Gasteiger partial charge in [0, 0.05) is 23.0 Å². The highest BCUT2D eigenvalue weighted by atomic mass is 14.7. The molecule has 0 aliphatic heterocycles. The predicted octanol–water partition coefficient (Wildman–Crippen LogP) is 4.01. The number of para-hydroxylation sites is 1. The van der Waals surface area contributed by atoms with Crippen LogP contribution in [-0.4, -0.2) is 4.98 Å². The maximum Gasteiger partial charge on any atom is 0.0456 e. The number of rotatable bonds is 2. The van der Waals surface area contributed by atoms with E-state index in [0.29, 0.717) is 11.8 Å². The molecule has 0 saturated carbocycles. The molecule has 1 heterocycles. The minimum Gasteiger partial charge on any atom is -0.361 e. The Bertz CT molecular complexity index is 548. The van der Waals surface area contributed by atoms with Gasteiger partial charge in [0.2, 0.25) is 0 Å². The number of aromatic nitrogens is 1. The summed E-state index contributed by atoms with van der Waals surface area (Å²) >= 11 is 0. The Hall–Kier alpha value is -1.76. The van der Waals surface area contributed by atoms with Crippen LogP contribution in [0, 0.1) is 5.92 Å². The van der Waals surface area contributed by atoms with Gasteiger partial charge in [0.25, 0.3) is 0 Å². The van der Waals surface area contributed by atoms with Crippen LogP contribution in [-0.2, 0) is 0 Å². The maximum atomic E-state index is 3.34. The van der Waals surface area contributed by atoms with Crippen LogP contribution < -0.4 is 0 Å². The van der Waals surface area contributed by atoms with Crippen molar-refractivity contribution in [2.24, 2.45) is 5.92 Å². The third-order valence-corrected chi connectivity index (χ3v) is 3.47. The van der Waals surface area contributed by atoms with Crippen LogP contribution in [0.3, 0.4) is 0 Å². The number of benzene rings is 1. The van der Waals surface area contributed by atoms with E-state index >= 15 is 0 Å². The lowest BCUT2D eigenvalue weighted by Crippen LogP contribution is -2.02. The van der Waals surface area contributed by atoms with Crippen molar-refractivity contribution >= 4 is 10.9 Å². The molecular weight excluding hydrogens is 194 g/mol. The fourth-order valence-corrected chi connectivity index (χ4v) is 2.46. The first kappa shape index (κ1) is 9.46. The molecule has 1 heteroatoms. The standard InChI is InChI=1S/C15H15N/c1-11(12-6-2-3-7-12)14-10-16-15-9-5-4-8-13(14)15/h2-12,16H,1H3. The van der Waals surface area contributed by atoms with Crippen LogP contribution in [0.4, 0.5) is 0 Å². The summed E-state index contributed by atoms with van der Waals surface area (Å²) in [6, 6.07) is 8.50. The first-order valence-electron chi connectivity index (χ1n) is 5.77. The highest BCUT2D eigenvalue weighted by Crippen LogP contribution is 2.33. The van der Waals surface area contributed by atoms with Gasteiger partial charge < -0.3 is 4.98 Å². The molecule has 16 heavy (non-hydrogen) atoms. The Morgan fingerprint density at radius 1 is 1.12 bits per heavy atom. The van der Waals surface area contributed by atoms with Crippen LogP contribution in [0.25, 0.3) is 10.9 Å². The third kappa shape index (κ3) is 1.40. The van der Waals surface area contributed by atoms with E-state index < -0.39 is 0 Å². The van der Waals surface area contributed by atoms with Crippen molar-refractivity contribution < 1.29 is 0 Å². The zero-order valence-corrected chi connectivity index (χ0v) is 9.35. The van der Waals surface area contributed by atoms with Gasteiger partial charge in [-0.15, -0.1) is 0 Å². The van der Waals surface area contributed by atoms with Crippen molar-refractivity contribution in [3.05, 3.63) is 60.3 Å². The maximum absolute atomic E-state index is 3.34. The first-order valence-corrected chi connectivity index (χ1v) is 5.77. The zero-order valence-electron chi connectivity index (χ0n) is 9.35. The topological polar surface area (TPSA) is 15.8 Å². The number of hydrogen-bond donors (Lipinski definition) is 1. The number of H-pyrrole nitrogens is 1. The lowest BCUT2D eigenvalue weighted by Gasteiger charge is -2.15. The summed E-state index contributed by atoms with van der Waals surface area (Å²) in [5.41, 5.74) is 2.65. The van der Waals surface area contributed by atoms with Crippen LogP contribution in [0.5, 0.6) is 0 Å². The molecule has 1 aromatic carbocycles. The van der Waals surface area contributed by atoms with Gasteiger partial charge >= 0.3 is 0 Å². The van der Waals surface area contributed by atoms with E-state index in [-0.39, 0.29) is 0 Å². The van der Waals surface area contributed by atoms with Crippen LogP contribution >= 0.6 is 0 Å². The van der Waals surface area contributed by atoms with Gasteiger partial charge in [-0.2, -0.15) is 0 Å². The average molecular weight is 209 g/mol. The van der Waals surface area contributed by atoms with Gasteiger partial charge in [0.15, 0.2) is 0 Å². The molecule has 3 rings (SSSR count). The summed E-state index contributed by atoms with van der Waals surface area (Å²) in [6.45, 7) is 2.29. The second kappa shape index (κ2) is 3.67. The number of nitrogens with one attached hydrogen (secondary N) is 1. The lowest BCUT2D eigenvalue weighted by atomic mass is 9.88. The van der Waals surface area contributed by atoms with Crippen molar-refractivity contribution in [1.29, 1.82) is 0 Å². The quantitative estimate of drug-likeness (QED) is 0.769. The highest BCUT2D eigenvalue weighted by molar-refractivity contribution is 5.83. The van der Waals surface area contributed by atoms with E-state index in [1.54, 1.807) is 0 Å². The van der Waals surface area contributed by atoms with E-state index in [2.05, 4.69) is 66.7 Å². The van der Waals surface area contributed by atoms with Gasteiger partial charge in [-0.3, -0.25) is 0 Å². The molecule has 0 fully saturated rings. The summed E-state index contributed by atoms with van der Waals surface area (Å²) in [4.78, 5) is 3.34. The SMILES string of the molecule is CC(c1c[nH]c2ccccc12)C1C=CC=C1. The Morgan fingerprint density at radius 3 is 2.69 bits per heavy atom. The fraction of sp³-hybridized carbons (Fsp3) is 0.200. The number of aromatic amines is 1. The fourth-order valence-electron chi connectivity index (χ4n) is 2.46. The van der Waals surface area contributed by atoms with E-state index in [1.807, 2.05) is 0 Å². The normalized spacial score (nSPS) is 17.3. The molecular formula is C15H15N. The molecule has 0 bridgehead atoms. The van der Waals surface area contributed by atoms with Crippen LogP contribution in [0.1, 0.15) is 18.4 Å². The predicted molar refractivity (Wildman–Crippen MR) is 68.5 cm³/mol. The zero-order chi connectivity index (χ0) is 11.0. The Morgan fingerprint density at radius 2 is 1.88 bits per heavy atom. The minimum absolute atomic E-state index is 0.533. The van der Waals surface area contributed by atoms with Crippen LogP contribution in [0.15, 0.2) is 54.8 Å². The molecule has 1 aliphatic carbocycles. The number of allylic oxidation sites excluding steroid dienone is 4. The van der Waals surface area contributed by atoms with Crippen molar-refractivity contribution in [3.63, 3.8) is 0 Å². The molecule has 0 amide bonds. The van der Waals surface area contributed by atoms with Gasteiger partial charge in [-0.1, -0.05) is 49.4 Å². The summed E-state index contributed by atoms with van der Waals surface area (Å²) in [7, 11) is 0. The summed E-state index contributed by atoms with van der Waals surface area (Å²) in [6.07, 6.45) is 11.0. The number of fused-ring (bicyclic) bond motifs is 1. The molecule has 80 valence electrons. The summed E-state index contributed by atoms with van der Waals surface area (Å²) < 4.78 is 0. The minimum atomic E-state index is 0.533. The summed E-state index contributed by atoms with van der Waals surface area (Å²) in [5.74, 6) is 1.07. The van der Waals surface area contributed by atoms with Crippen molar-refractivity contribution in [3.8, 4) is 0 Å². The smallest absolute Gasteiger partial charge is 0.0456 e. The van der Waals surface area contributed by atoms with Crippen LogP contribution in [0.2, 0.25) is 0 Å². The van der Waals surface area contributed by atoms with Gasteiger partial charge in [0.05, 0.1) is 0 Å². The van der Waals surface area contributed by atoms with Crippen molar-refractivity contribution in [1.82, 2.24) is 4.98 Å². The molecule has 0 radical (unpaired) electrons. The Labute approximate surface area is 95.5 Å². The molecule has 0 spiro atoms. The molecule has 1 nitrogen and oxygen atoms in total. The van der Waals surface area contributed by atoms with Crippen molar-refractivity contribution in [2.75, 3.05) is 0 Å². The Balaban J connectivity index is 2.05. The highest BCUT2D eigenvalue weighted by Gasteiger charge is 2.18. The van der Waals surface area contributed by atoms with Gasteiger partial charge in [0.1, 0.15) is 0 Å². The largest absolute Gasteiger partial charge is 0.361 e. The molecule has 2 aromatic rings. The Kier molecular flexibility index (Phi) is 2.17. The second-order valence-corrected chi connectivity index (χ2v) is 4.43. The summed E-state index contributed by atoms with van der Waals surface area (Å²) in [5, 5.41) is 1.35. The van der Waals surface area contributed by atoms with Gasteiger partial charge in [-0.05, 0) is 17.5 Å². The molecule has 1 aromatic heterocycles. The molecule has 1 atom stereocenters. The van der Waals surface area contributed by atoms with Gasteiger partial charge in [-0.25, -0.2) is 0 Å². The molecule has 0 saturated heterocycles. The van der Waals surface area contributed by atoms with E-state index in [0.717, 1.165) is 0 Å². The second-order valence-electron chi connectivity index (χ2n) is 4.43. The van der Waals surface area contributed by atoms with E-state index in [1.165, 1.54) is 16.5 Å². The monoisotopic (exact) mass is 209 g/mol. The lowest BCUT2D eigenvalue weighted by molar-refractivity contribution is 0.658.